The van der Waals surface area contributed by atoms with Crippen molar-refractivity contribution in [3.05, 3.63) is 30.1 Å². The number of carbonyl (C=O) groups excluding carboxylic acids is 1. The second-order valence-electron chi connectivity index (χ2n) is 6.82. The lowest BCUT2D eigenvalue weighted by Gasteiger charge is -2.30. The maximum atomic E-state index is 11.6. The maximum Gasteiger partial charge on any atom is 0.219 e. The van der Waals surface area contributed by atoms with Gasteiger partial charge in [-0.05, 0) is 25.1 Å². The normalized spacial score (nSPS) is 28.6. The first-order chi connectivity index (χ1) is 10.6. The summed E-state index contributed by atoms with van der Waals surface area (Å²) in [6.45, 7) is 6.93. The van der Waals surface area contributed by atoms with Gasteiger partial charge in [0.1, 0.15) is 0 Å². The summed E-state index contributed by atoms with van der Waals surface area (Å²) >= 11 is 0. The molecule has 1 aromatic heterocycles. The van der Waals surface area contributed by atoms with Gasteiger partial charge < -0.3 is 14.5 Å². The molecule has 2 aliphatic rings. The smallest absolute Gasteiger partial charge is 0.219 e. The predicted octanol–water partition coefficient (Wildman–Crippen LogP) is 1.40. The van der Waals surface area contributed by atoms with Crippen LogP contribution in [0.3, 0.4) is 0 Å². The molecule has 0 unspecified atom stereocenters. The van der Waals surface area contributed by atoms with E-state index in [0.29, 0.717) is 12.5 Å². The van der Waals surface area contributed by atoms with E-state index in [4.69, 9.17) is 4.74 Å². The Balaban J connectivity index is 1.58. The van der Waals surface area contributed by atoms with Crippen LogP contribution in [0.1, 0.15) is 18.9 Å². The number of hydrogen-bond acceptors (Lipinski definition) is 4. The quantitative estimate of drug-likeness (QED) is 0.843. The molecule has 0 bridgehead atoms. The highest BCUT2D eigenvalue weighted by Gasteiger charge is 2.49. The van der Waals surface area contributed by atoms with Crippen molar-refractivity contribution < 1.29 is 9.53 Å². The lowest BCUT2D eigenvalue weighted by Crippen LogP contribution is -2.37. The van der Waals surface area contributed by atoms with E-state index in [1.807, 2.05) is 23.2 Å². The zero-order chi connectivity index (χ0) is 15.6. The van der Waals surface area contributed by atoms with Crippen LogP contribution < -0.4 is 0 Å². The van der Waals surface area contributed by atoms with Crippen LogP contribution in [0.25, 0.3) is 0 Å². The van der Waals surface area contributed by atoms with Gasteiger partial charge in [0.05, 0.1) is 13.2 Å². The van der Waals surface area contributed by atoms with E-state index in [0.717, 1.165) is 44.8 Å². The molecule has 2 fully saturated rings. The minimum Gasteiger partial charge on any atom is -0.376 e. The fourth-order valence-corrected chi connectivity index (χ4v) is 3.96. The molecule has 22 heavy (non-hydrogen) atoms. The van der Waals surface area contributed by atoms with E-state index in [1.165, 1.54) is 0 Å². The molecule has 1 aromatic rings. The third kappa shape index (κ3) is 3.15. The Kier molecular flexibility index (Phi) is 4.45. The van der Waals surface area contributed by atoms with Crippen LogP contribution in [0.2, 0.25) is 0 Å². The monoisotopic (exact) mass is 303 g/mol. The zero-order valence-electron chi connectivity index (χ0n) is 13.5. The van der Waals surface area contributed by atoms with Gasteiger partial charge in [-0.1, -0.05) is 6.07 Å². The number of nitrogens with zero attached hydrogens (tertiary/aromatic N) is 3. The van der Waals surface area contributed by atoms with E-state index in [9.17, 15) is 4.79 Å². The summed E-state index contributed by atoms with van der Waals surface area (Å²) in [6.07, 6.45) is 4.72. The molecule has 5 nitrogen and oxygen atoms in total. The van der Waals surface area contributed by atoms with Crippen LogP contribution >= 0.6 is 0 Å². The first-order valence-electron chi connectivity index (χ1n) is 8.00. The SMILES string of the molecule is CC(=O)N1CC[C@@]2(CN(C)C[C@@H]2COCc2cccnc2)C1. The molecule has 1 amide bonds. The zero-order valence-corrected chi connectivity index (χ0v) is 13.5. The molecule has 2 saturated heterocycles. The second kappa shape index (κ2) is 6.34. The molecule has 0 saturated carbocycles. The summed E-state index contributed by atoms with van der Waals surface area (Å²) < 4.78 is 5.96. The van der Waals surface area contributed by atoms with Gasteiger partial charge in [0.2, 0.25) is 5.91 Å². The van der Waals surface area contributed by atoms with E-state index in [2.05, 4.69) is 16.9 Å². The Hall–Kier alpha value is -1.46. The van der Waals surface area contributed by atoms with Crippen LogP contribution in [-0.2, 0) is 16.1 Å². The Morgan fingerprint density at radius 3 is 3.05 bits per heavy atom. The predicted molar refractivity (Wildman–Crippen MR) is 84.2 cm³/mol. The number of carbonyl (C=O) groups is 1. The first kappa shape index (κ1) is 15.4. The van der Waals surface area contributed by atoms with E-state index < -0.39 is 0 Å². The molecular formula is C17H25N3O2. The fraction of sp³-hybridized carbons (Fsp3) is 0.647. The van der Waals surface area contributed by atoms with Crippen molar-refractivity contribution in [3.63, 3.8) is 0 Å². The Labute approximate surface area is 132 Å². The number of likely N-dealkylation sites (tertiary alicyclic amines) is 2. The van der Waals surface area contributed by atoms with Gasteiger partial charge in [-0.15, -0.1) is 0 Å². The molecule has 0 aliphatic carbocycles. The number of rotatable bonds is 4. The average Bonchev–Trinajstić information content (AvgIpc) is 3.05. The third-order valence-corrected chi connectivity index (χ3v) is 5.12. The highest BCUT2D eigenvalue weighted by molar-refractivity contribution is 5.73. The van der Waals surface area contributed by atoms with Crippen LogP contribution in [-0.4, -0.2) is 60.5 Å². The molecule has 5 heteroatoms. The van der Waals surface area contributed by atoms with Crippen molar-refractivity contribution in [3.8, 4) is 0 Å². The molecule has 3 heterocycles. The molecule has 1 spiro atoms. The van der Waals surface area contributed by atoms with Crippen molar-refractivity contribution in [2.24, 2.45) is 11.3 Å². The Morgan fingerprint density at radius 1 is 1.50 bits per heavy atom. The van der Waals surface area contributed by atoms with Gasteiger partial charge in [-0.25, -0.2) is 0 Å². The number of amides is 1. The maximum absolute atomic E-state index is 11.6. The summed E-state index contributed by atoms with van der Waals surface area (Å²) in [4.78, 5) is 20.1. The van der Waals surface area contributed by atoms with Crippen molar-refractivity contribution >= 4 is 5.91 Å². The molecule has 0 N–H and O–H groups in total. The van der Waals surface area contributed by atoms with Crippen molar-refractivity contribution in [2.75, 3.05) is 39.8 Å². The Bertz CT molecular complexity index is 522. The molecule has 0 radical (unpaired) electrons. The van der Waals surface area contributed by atoms with Crippen LogP contribution in [0.5, 0.6) is 0 Å². The third-order valence-electron chi connectivity index (χ3n) is 5.12. The first-order valence-corrected chi connectivity index (χ1v) is 8.00. The fourth-order valence-electron chi connectivity index (χ4n) is 3.96. The highest BCUT2D eigenvalue weighted by Crippen LogP contribution is 2.43. The van der Waals surface area contributed by atoms with Gasteiger partial charge in [0.15, 0.2) is 0 Å². The van der Waals surface area contributed by atoms with Gasteiger partial charge >= 0.3 is 0 Å². The molecule has 2 aliphatic heterocycles. The van der Waals surface area contributed by atoms with Gasteiger partial charge in [-0.2, -0.15) is 0 Å². The second-order valence-corrected chi connectivity index (χ2v) is 6.82. The van der Waals surface area contributed by atoms with E-state index in [1.54, 1.807) is 13.1 Å². The number of pyridine rings is 1. The summed E-state index contributed by atoms with van der Waals surface area (Å²) in [5.41, 5.74) is 1.33. The summed E-state index contributed by atoms with van der Waals surface area (Å²) in [5.74, 6) is 0.694. The lowest BCUT2D eigenvalue weighted by atomic mass is 9.77. The molecule has 120 valence electrons. The van der Waals surface area contributed by atoms with Crippen LogP contribution in [0, 0.1) is 11.3 Å². The largest absolute Gasteiger partial charge is 0.376 e. The highest BCUT2D eigenvalue weighted by atomic mass is 16.5. The summed E-state index contributed by atoms with van der Waals surface area (Å²) in [7, 11) is 2.17. The number of aromatic nitrogens is 1. The lowest BCUT2D eigenvalue weighted by molar-refractivity contribution is -0.128. The van der Waals surface area contributed by atoms with Gasteiger partial charge in [0.25, 0.3) is 0 Å². The van der Waals surface area contributed by atoms with Gasteiger partial charge in [-0.3, -0.25) is 9.78 Å². The molecule has 2 atom stereocenters. The average molecular weight is 303 g/mol. The van der Waals surface area contributed by atoms with Gasteiger partial charge in [0, 0.05) is 56.8 Å². The minimum absolute atomic E-state index is 0.196. The molecule has 3 rings (SSSR count). The van der Waals surface area contributed by atoms with E-state index >= 15 is 0 Å². The summed E-state index contributed by atoms with van der Waals surface area (Å²) in [6, 6.07) is 3.97. The standard InChI is InChI=1S/C17H25N3O2/c1-14(21)20-7-5-17(13-20)12-19(2)9-16(17)11-22-10-15-4-3-6-18-8-15/h3-4,6,8,16H,5,7,9-13H2,1-2H3/t16-,17-/m1/s1. The van der Waals surface area contributed by atoms with Crippen LogP contribution in [0.15, 0.2) is 24.5 Å². The molecular weight excluding hydrogens is 278 g/mol. The molecule has 0 aromatic carbocycles. The van der Waals surface area contributed by atoms with Crippen molar-refractivity contribution in [1.82, 2.24) is 14.8 Å². The summed E-state index contributed by atoms with van der Waals surface area (Å²) in [5, 5.41) is 0. The van der Waals surface area contributed by atoms with Crippen LogP contribution in [0.4, 0.5) is 0 Å². The Morgan fingerprint density at radius 2 is 2.36 bits per heavy atom. The van der Waals surface area contributed by atoms with Crippen molar-refractivity contribution in [1.29, 1.82) is 0 Å². The topological polar surface area (TPSA) is 45.7 Å². The minimum atomic E-state index is 0.196. The number of hydrogen-bond donors (Lipinski definition) is 0. The number of ether oxygens (including phenoxy) is 1. The van der Waals surface area contributed by atoms with Crippen molar-refractivity contribution in [2.45, 2.75) is 20.0 Å². The van der Waals surface area contributed by atoms with E-state index in [-0.39, 0.29) is 11.3 Å².